The highest BCUT2D eigenvalue weighted by Crippen LogP contribution is 2.63. The van der Waals surface area contributed by atoms with Crippen LogP contribution >= 0.6 is 31.9 Å². The maximum absolute atomic E-state index is 3.73. The minimum absolute atomic E-state index is 0.259. The Bertz CT molecular complexity index is 1150. The number of rotatable bonds is 0. The van der Waals surface area contributed by atoms with Crippen LogP contribution in [0, 0.1) is 0 Å². The van der Waals surface area contributed by atoms with Gasteiger partial charge >= 0.3 is 0 Å². The van der Waals surface area contributed by atoms with Gasteiger partial charge in [0.25, 0.3) is 0 Å². The van der Waals surface area contributed by atoms with Gasteiger partial charge in [0, 0.05) is 8.95 Å². The van der Waals surface area contributed by atoms with Crippen LogP contribution in [-0.2, 0) is 5.41 Å². The second-order valence-electron chi connectivity index (χ2n) is 7.22. The number of fused-ring (bicyclic) bond motifs is 10. The summed E-state index contributed by atoms with van der Waals surface area (Å²) in [4.78, 5) is 0. The van der Waals surface area contributed by atoms with Gasteiger partial charge < -0.3 is 0 Å². The highest BCUT2D eigenvalue weighted by Gasteiger charge is 2.51. The number of hydrogen-bond acceptors (Lipinski definition) is 0. The Kier molecular flexibility index (Phi) is 3.19. The zero-order valence-corrected chi connectivity index (χ0v) is 17.5. The fourth-order valence-electron chi connectivity index (χ4n) is 5.08. The van der Waals surface area contributed by atoms with E-state index in [4.69, 9.17) is 0 Å². The van der Waals surface area contributed by atoms with E-state index in [2.05, 4.69) is 117 Å². The molecule has 1 spiro atoms. The molecule has 2 aliphatic carbocycles. The summed E-state index contributed by atoms with van der Waals surface area (Å²) in [7, 11) is 0. The molecule has 27 heavy (non-hydrogen) atoms. The first-order chi connectivity index (χ1) is 13.2. The molecule has 4 aromatic carbocycles. The molecule has 2 heteroatoms. The van der Waals surface area contributed by atoms with Gasteiger partial charge in [-0.3, -0.25) is 0 Å². The minimum Gasteiger partial charge on any atom is -0.0619 e. The van der Waals surface area contributed by atoms with Crippen molar-refractivity contribution in [3.8, 4) is 22.3 Å². The molecule has 0 heterocycles. The van der Waals surface area contributed by atoms with E-state index in [0.29, 0.717) is 0 Å². The average Bonchev–Trinajstić information content (AvgIpc) is 3.14. The van der Waals surface area contributed by atoms with Gasteiger partial charge in [-0.25, -0.2) is 0 Å². The maximum Gasteiger partial charge on any atom is 0.0726 e. The average molecular weight is 474 g/mol. The SMILES string of the molecule is Brc1ccc2c(c1)C1(c3ccccc3-2)c2ccccc2-c2ccc(Br)cc21. The van der Waals surface area contributed by atoms with Crippen molar-refractivity contribution in [2.75, 3.05) is 0 Å². The van der Waals surface area contributed by atoms with E-state index in [1.165, 1.54) is 44.5 Å². The molecule has 128 valence electrons. The minimum atomic E-state index is -0.259. The van der Waals surface area contributed by atoms with Gasteiger partial charge in [-0.2, -0.15) is 0 Å². The molecule has 0 saturated heterocycles. The van der Waals surface area contributed by atoms with E-state index >= 15 is 0 Å². The molecule has 0 aliphatic heterocycles. The van der Waals surface area contributed by atoms with Crippen molar-refractivity contribution in [1.82, 2.24) is 0 Å². The van der Waals surface area contributed by atoms with E-state index in [1.54, 1.807) is 0 Å². The molecule has 0 saturated carbocycles. The van der Waals surface area contributed by atoms with E-state index in [-0.39, 0.29) is 5.41 Å². The lowest BCUT2D eigenvalue weighted by atomic mass is 9.70. The van der Waals surface area contributed by atoms with E-state index in [0.717, 1.165) is 8.95 Å². The Balaban J connectivity index is 1.88. The Morgan fingerprint density at radius 1 is 0.444 bits per heavy atom. The summed E-state index contributed by atoms with van der Waals surface area (Å²) < 4.78 is 2.24. The monoisotopic (exact) mass is 472 g/mol. The molecule has 0 radical (unpaired) electrons. The fraction of sp³-hybridized carbons (Fsp3) is 0.0400. The molecular formula is C25H14Br2. The molecule has 6 rings (SSSR count). The lowest BCUT2D eigenvalue weighted by molar-refractivity contribution is 0.792. The van der Waals surface area contributed by atoms with Crippen molar-refractivity contribution in [2.24, 2.45) is 0 Å². The standard InChI is InChI=1S/C25H14Br2/c26-15-9-11-19-17-5-1-3-7-21(17)25(23(19)13-15)22-8-4-2-6-18(22)20-12-10-16(27)14-24(20)25/h1-14H. The summed E-state index contributed by atoms with van der Waals surface area (Å²) in [5, 5.41) is 0. The first-order valence-electron chi connectivity index (χ1n) is 9.01. The summed E-state index contributed by atoms with van der Waals surface area (Å²) in [5.74, 6) is 0. The van der Waals surface area contributed by atoms with Crippen LogP contribution in [-0.4, -0.2) is 0 Å². The van der Waals surface area contributed by atoms with Gasteiger partial charge in [0.1, 0.15) is 0 Å². The second-order valence-corrected chi connectivity index (χ2v) is 9.05. The molecule has 0 bridgehead atoms. The van der Waals surface area contributed by atoms with Crippen LogP contribution in [0.1, 0.15) is 22.3 Å². The summed E-state index contributed by atoms with van der Waals surface area (Å²) in [6.07, 6.45) is 0. The smallest absolute Gasteiger partial charge is 0.0619 e. The third-order valence-corrected chi connectivity index (χ3v) is 7.00. The van der Waals surface area contributed by atoms with Gasteiger partial charge in [-0.15, -0.1) is 0 Å². The van der Waals surface area contributed by atoms with Gasteiger partial charge in [-0.1, -0.05) is 92.5 Å². The Morgan fingerprint density at radius 2 is 0.852 bits per heavy atom. The molecule has 0 nitrogen and oxygen atoms in total. The van der Waals surface area contributed by atoms with Gasteiger partial charge in [0.2, 0.25) is 0 Å². The number of hydrogen-bond donors (Lipinski definition) is 0. The van der Waals surface area contributed by atoms with Crippen LogP contribution < -0.4 is 0 Å². The van der Waals surface area contributed by atoms with Crippen LogP contribution in [0.3, 0.4) is 0 Å². The normalized spacial score (nSPS) is 14.6. The van der Waals surface area contributed by atoms with Crippen molar-refractivity contribution in [3.63, 3.8) is 0 Å². The van der Waals surface area contributed by atoms with E-state index < -0.39 is 0 Å². The first kappa shape index (κ1) is 15.9. The molecule has 0 N–H and O–H groups in total. The largest absolute Gasteiger partial charge is 0.0726 e. The quantitative estimate of drug-likeness (QED) is 0.213. The summed E-state index contributed by atoms with van der Waals surface area (Å²) >= 11 is 7.45. The Labute approximate surface area is 175 Å². The predicted molar refractivity (Wildman–Crippen MR) is 118 cm³/mol. The highest BCUT2D eigenvalue weighted by molar-refractivity contribution is 9.10. The molecular weight excluding hydrogens is 460 g/mol. The van der Waals surface area contributed by atoms with Crippen molar-refractivity contribution in [3.05, 3.63) is 116 Å². The van der Waals surface area contributed by atoms with Crippen LogP contribution in [0.4, 0.5) is 0 Å². The summed E-state index contributed by atoms with van der Waals surface area (Å²) in [6.45, 7) is 0. The molecule has 0 amide bonds. The topological polar surface area (TPSA) is 0 Å². The maximum atomic E-state index is 3.73. The van der Waals surface area contributed by atoms with Crippen molar-refractivity contribution < 1.29 is 0 Å². The molecule has 0 atom stereocenters. The third-order valence-electron chi connectivity index (χ3n) is 6.01. The van der Waals surface area contributed by atoms with Gasteiger partial charge in [0.15, 0.2) is 0 Å². The van der Waals surface area contributed by atoms with Crippen molar-refractivity contribution >= 4 is 31.9 Å². The fourth-order valence-corrected chi connectivity index (χ4v) is 5.81. The van der Waals surface area contributed by atoms with E-state index in [9.17, 15) is 0 Å². The van der Waals surface area contributed by atoms with Gasteiger partial charge in [0.05, 0.1) is 5.41 Å². The van der Waals surface area contributed by atoms with Gasteiger partial charge in [-0.05, 0) is 68.8 Å². The highest BCUT2D eigenvalue weighted by atomic mass is 79.9. The zero-order chi connectivity index (χ0) is 18.2. The molecule has 0 unspecified atom stereocenters. The first-order valence-corrected chi connectivity index (χ1v) is 10.6. The van der Waals surface area contributed by atoms with Crippen molar-refractivity contribution in [1.29, 1.82) is 0 Å². The summed E-state index contributed by atoms with van der Waals surface area (Å²) in [5.41, 5.74) is 10.6. The van der Waals surface area contributed by atoms with Crippen LogP contribution in [0.5, 0.6) is 0 Å². The number of benzene rings is 4. The van der Waals surface area contributed by atoms with Crippen LogP contribution in [0.2, 0.25) is 0 Å². The Hall–Kier alpha value is -2.16. The predicted octanol–water partition coefficient (Wildman–Crippen LogP) is 7.56. The van der Waals surface area contributed by atoms with Crippen LogP contribution in [0.15, 0.2) is 93.9 Å². The molecule has 0 aromatic heterocycles. The zero-order valence-electron chi connectivity index (χ0n) is 14.3. The Morgan fingerprint density at radius 3 is 1.33 bits per heavy atom. The molecule has 2 aliphatic rings. The summed E-state index contributed by atoms with van der Waals surface area (Å²) in [6, 6.07) is 31.2. The molecule has 4 aromatic rings. The number of halogens is 2. The van der Waals surface area contributed by atoms with E-state index in [1.807, 2.05) is 0 Å². The van der Waals surface area contributed by atoms with Crippen molar-refractivity contribution in [2.45, 2.75) is 5.41 Å². The van der Waals surface area contributed by atoms with Crippen LogP contribution in [0.25, 0.3) is 22.3 Å². The second kappa shape index (κ2) is 5.43. The molecule has 0 fully saturated rings. The third kappa shape index (κ3) is 1.88. The lowest BCUT2D eigenvalue weighted by Gasteiger charge is -2.30. The lowest BCUT2D eigenvalue weighted by Crippen LogP contribution is -2.25.